The Bertz CT molecular complexity index is 340. The molecule has 0 amide bonds. The van der Waals surface area contributed by atoms with Crippen LogP contribution in [0.15, 0.2) is 24.3 Å². The van der Waals surface area contributed by atoms with E-state index in [-0.39, 0.29) is 5.92 Å². The van der Waals surface area contributed by atoms with Gasteiger partial charge in [0.15, 0.2) is 0 Å². The zero-order chi connectivity index (χ0) is 13.1. The normalized spacial score (nSPS) is 16.9. The van der Waals surface area contributed by atoms with Crippen molar-refractivity contribution in [1.82, 2.24) is 4.90 Å². The van der Waals surface area contributed by atoms with Gasteiger partial charge in [0.05, 0.1) is 5.60 Å². The standard InChI is InChI=1S/C15H25NO/c1-12-6-8-14(9-7-12)10-15(3,17)13(2)11-16(4)5/h6-9,13,17H,10-11H2,1-5H3/t13?,15-/m0/s1. The molecule has 1 aromatic carbocycles. The van der Waals surface area contributed by atoms with Crippen LogP contribution >= 0.6 is 0 Å². The Morgan fingerprint density at radius 3 is 2.24 bits per heavy atom. The second-order valence-corrected chi connectivity index (χ2v) is 5.68. The van der Waals surface area contributed by atoms with Crippen LogP contribution in [0, 0.1) is 12.8 Å². The Morgan fingerprint density at radius 1 is 1.24 bits per heavy atom. The lowest BCUT2D eigenvalue weighted by Crippen LogP contribution is -2.40. The number of hydrogen-bond donors (Lipinski definition) is 1. The minimum absolute atomic E-state index is 0.249. The van der Waals surface area contributed by atoms with Crippen LogP contribution in [0.25, 0.3) is 0 Å². The highest BCUT2D eigenvalue weighted by atomic mass is 16.3. The first kappa shape index (κ1) is 14.2. The first-order valence-corrected chi connectivity index (χ1v) is 6.24. The average molecular weight is 235 g/mol. The van der Waals surface area contributed by atoms with E-state index in [9.17, 15) is 5.11 Å². The average Bonchev–Trinajstić information content (AvgIpc) is 2.20. The molecule has 2 heteroatoms. The summed E-state index contributed by atoms with van der Waals surface area (Å²) >= 11 is 0. The van der Waals surface area contributed by atoms with E-state index in [1.54, 1.807) is 0 Å². The van der Waals surface area contributed by atoms with E-state index >= 15 is 0 Å². The maximum Gasteiger partial charge on any atom is 0.0697 e. The van der Waals surface area contributed by atoms with Crippen molar-refractivity contribution in [3.8, 4) is 0 Å². The van der Waals surface area contributed by atoms with Gasteiger partial charge in [-0.25, -0.2) is 0 Å². The number of nitrogens with zero attached hydrogens (tertiary/aromatic N) is 1. The molecule has 1 unspecified atom stereocenters. The molecule has 0 radical (unpaired) electrons. The second kappa shape index (κ2) is 5.65. The second-order valence-electron chi connectivity index (χ2n) is 5.68. The zero-order valence-electron chi connectivity index (χ0n) is 11.7. The topological polar surface area (TPSA) is 23.5 Å². The van der Waals surface area contributed by atoms with E-state index in [1.165, 1.54) is 11.1 Å². The van der Waals surface area contributed by atoms with Gasteiger partial charge in [-0.3, -0.25) is 0 Å². The molecule has 0 aliphatic heterocycles. The monoisotopic (exact) mass is 235 g/mol. The highest BCUT2D eigenvalue weighted by molar-refractivity contribution is 5.22. The van der Waals surface area contributed by atoms with Gasteiger partial charge in [0.2, 0.25) is 0 Å². The van der Waals surface area contributed by atoms with E-state index in [0.717, 1.165) is 6.54 Å². The smallest absolute Gasteiger partial charge is 0.0697 e. The molecular formula is C15H25NO. The van der Waals surface area contributed by atoms with E-state index in [1.807, 2.05) is 21.0 Å². The lowest BCUT2D eigenvalue weighted by atomic mass is 9.84. The number of aryl methyl sites for hydroxylation is 1. The Balaban J connectivity index is 2.68. The molecule has 0 aromatic heterocycles. The first-order chi connectivity index (χ1) is 7.81. The summed E-state index contributed by atoms with van der Waals surface area (Å²) in [5, 5.41) is 10.5. The minimum atomic E-state index is -0.653. The fraction of sp³-hybridized carbons (Fsp3) is 0.600. The van der Waals surface area contributed by atoms with Crippen LogP contribution < -0.4 is 0 Å². The fourth-order valence-electron chi connectivity index (χ4n) is 2.04. The molecule has 0 aliphatic rings. The summed E-state index contributed by atoms with van der Waals surface area (Å²) in [6.07, 6.45) is 0.711. The third kappa shape index (κ3) is 4.49. The zero-order valence-corrected chi connectivity index (χ0v) is 11.7. The Kier molecular flexibility index (Phi) is 4.72. The molecule has 0 saturated carbocycles. The Labute approximate surface area is 105 Å². The van der Waals surface area contributed by atoms with Crippen LogP contribution in [0.2, 0.25) is 0 Å². The summed E-state index contributed by atoms with van der Waals surface area (Å²) < 4.78 is 0. The van der Waals surface area contributed by atoms with Crippen molar-refractivity contribution < 1.29 is 5.11 Å². The molecule has 17 heavy (non-hydrogen) atoms. The van der Waals surface area contributed by atoms with Crippen molar-refractivity contribution >= 4 is 0 Å². The summed E-state index contributed by atoms with van der Waals surface area (Å²) in [7, 11) is 4.08. The molecular weight excluding hydrogens is 210 g/mol. The van der Waals surface area contributed by atoms with Crippen LogP contribution in [-0.2, 0) is 6.42 Å². The molecule has 1 rings (SSSR count). The molecule has 1 N–H and O–H groups in total. The van der Waals surface area contributed by atoms with Gasteiger partial charge >= 0.3 is 0 Å². The summed E-state index contributed by atoms with van der Waals surface area (Å²) in [5.74, 6) is 0.249. The minimum Gasteiger partial charge on any atom is -0.390 e. The number of aliphatic hydroxyl groups is 1. The maximum atomic E-state index is 10.5. The number of hydrogen-bond acceptors (Lipinski definition) is 2. The van der Waals surface area contributed by atoms with Crippen molar-refractivity contribution in [2.24, 2.45) is 5.92 Å². The summed E-state index contributed by atoms with van der Waals surface area (Å²) in [6.45, 7) is 7.02. The van der Waals surface area contributed by atoms with Gasteiger partial charge in [0.25, 0.3) is 0 Å². The van der Waals surface area contributed by atoms with E-state index < -0.39 is 5.60 Å². The summed E-state index contributed by atoms with van der Waals surface area (Å²) in [5.41, 5.74) is 1.81. The largest absolute Gasteiger partial charge is 0.390 e. The van der Waals surface area contributed by atoms with Gasteiger partial charge < -0.3 is 10.0 Å². The summed E-state index contributed by atoms with van der Waals surface area (Å²) in [6, 6.07) is 8.41. The molecule has 0 fully saturated rings. The molecule has 2 nitrogen and oxygen atoms in total. The maximum absolute atomic E-state index is 10.5. The van der Waals surface area contributed by atoms with Gasteiger partial charge in [0, 0.05) is 13.0 Å². The number of rotatable bonds is 5. The van der Waals surface area contributed by atoms with Gasteiger partial charge in [-0.2, -0.15) is 0 Å². The van der Waals surface area contributed by atoms with E-state index in [2.05, 4.69) is 43.0 Å². The molecule has 1 aromatic rings. The lowest BCUT2D eigenvalue weighted by molar-refractivity contribution is -0.00259. The van der Waals surface area contributed by atoms with Crippen molar-refractivity contribution in [3.05, 3.63) is 35.4 Å². The van der Waals surface area contributed by atoms with E-state index in [0.29, 0.717) is 6.42 Å². The predicted molar refractivity (Wildman–Crippen MR) is 73.2 cm³/mol. The van der Waals surface area contributed by atoms with Crippen LogP contribution in [-0.4, -0.2) is 36.2 Å². The van der Waals surface area contributed by atoms with Gasteiger partial charge in [-0.05, 0) is 39.4 Å². The van der Waals surface area contributed by atoms with Crippen LogP contribution in [0.5, 0.6) is 0 Å². The third-order valence-corrected chi connectivity index (χ3v) is 3.38. The predicted octanol–water partition coefficient (Wildman–Crippen LogP) is 2.49. The Morgan fingerprint density at radius 2 is 1.76 bits per heavy atom. The van der Waals surface area contributed by atoms with Crippen molar-refractivity contribution in [3.63, 3.8) is 0 Å². The van der Waals surface area contributed by atoms with E-state index in [4.69, 9.17) is 0 Å². The van der Waals surface area contributed by atoms with Gasteiger partial charge in [0.1, 0.15) is 0 Å². The van der Waals surface area contributed by atoms with Crippen LogP contribution in [0.3, 0.4) is 0 Å². The van der Waals surface area contributed by atoms with Gasteiger partial charge in [-0.1, -0.05) is 36.8 Å². The SMILES string of the molecule is Cc1ccc(C[C@](C)(O)C(C)CN(C)C)cc1. The molecule has 0 bridgehead atoms. The molecule has 2 atom stereocenters. The highest BCUT2D eigenvalue weighted by Crippen LogP contribution is 2.22. The molecule has 96 valence electrons. The van der Waals surface area contributed by atoms with Crippen molar-refractivity contribution in [1.29, 1.82) is 0 Å². The Hall–Kier alpha value is -0.860. The van der Waals surface area contributed by atoms with Gasteiger partial charge in [-0.15, -0.1) is 0 Å². The molecule has 0 spiro atoms. The molecule has 0 aliphatic carbocycles. The van der Waals surface area contributed by atoms with Crippen LogP contribution in [0.4, 0.5) is 0 Å². The summed E-state index contributed by atoms with van der Waals surface area (Å²) in [4.78, 5) is 2.12. The molecule has 0 heterocycles. The quantitative estimate of drug-likeness (QED) is 0.847. The fourth-order valence-corrected chi connectivity index (χ4v) is 2.04. The van der Waals surface area contributed by atoms with Crippen LogP contribution in [0.1, 0.15) is 25.0 Å². The third-order valence-electron chi connectivity index (χ3n) is 3.38. The van der Waals surface area contributed by atoms with Crippen molar-refractivity contribution in [2.75, 3.05) is 20.6 Å². The number of benzene rings is 1. The highest BCUT2D eigenvalue weighted by Gasteiger charge is 2.28. The van der Waals surface area contributed by atoms with Crippen molar-refractivity contribution in [2.45, 2.75) is 32.8 Å². The molecule has 0 saturated heterocycles. The lowest BCUT2D eigenvalue weighted by Gasteiger charge is -2.32. The first-order valence-electron chi connectivity index (χ1n) is 6.24.